The number of hydrogen-bond acceptors (Lipinski definition) is 3. The lowest BCUT2D eigenvalue weighted by Gasteiger charge is -2.22. The Hall–Kier alpha value is -2.23. The van der Waals surface area contributed by atoms with E-state index in [9.17, 15) is 9.59 Å². The van der Waals surface area contributed by atoms with Gasteiger partial charge in [0.25, 0.3) is 0 Å². The summed E-state index contributed by atoms with van der Waals surface area (Å²) in [6.45, 7) is 9.20. The first-order valence-corrected chi connectivity index (χ1v) is 8.65. The maximum absolute atomic E-state index is 12.9. The first-order valence-electron chi connectivity index (χ1n) is 8.65. The van der Waals surface area contributed by atoms with Gasteiger partial charge in [-0.3, -0.25) is 14.6 Å². The van der Waals surface area contributed by atoms with Crippen LogP contribution in [0.4, 0.5) is 5.69 Å². The molecule has 0 N–H and O–H groups in total. The van der Waals surface area contributed by atoms with Crippen LogP contribution in [0.25, 0.3) is 6.08 Å². The molecule has 0 fully saturated rings. The van der Waals surface area contributed by atoms with E-state index in [0.29, 0.717) is 12.0 Å². The summed E-state index contributed by atoms with van der Waals surface area (Å²) in [5.41, 5.74) is 3.97. The molecule has 1 heterocycles. The molecule has 0 spiro atoms. The third-order valence-electron chi connectivity index (χ3n) is 4.07. The zero-order chi connectivity index (χ0) is 17.7. The highest BCUT2D eigenvalue weighted by Crippen LogP contribution is 2.29. The van der Waals surface area contributed by atoms with E-state index in [-0.39, 0.29) is 11.7 Å². The molecule has 0 bridgehead atoms. The van der Waals surface area contributed by atoms with Gasteiger partial charge in [0.2, 0.25) is 5.91 Å². The summed E-state index contributed by atoms with van der Waals surface area (Å²) in [6, 6.07) is 5.48. The number of aliphatic imine (C=N–C) groups is 1. The molecule has 0 saturated heterocycles. The average Bonchev–Trinajstić information content (AvgIpc) is 2.71. The third kappa shape index (κ3) is 4.19. The van der Waals surface area contributed by atoms with Crippen LogP contribution in [0.2, 0.25) is 0 Å². The van der Waals surface area contributed by atoms with Crippen molar-refractivity contribution in [3.63, 3.8) is 0 Å². The van der Waals surface area contributed by atoms with Gasteiger partial charge in [0, 0.05) is 41.9 Å². The number of amides is 1. The van der Waals surface area contributed by atoms with Gasteiger partial charge in [-0.2, -0.15) is 0 Å². The molecule has 0 unspecified atom stereocenters. The number of carbonyl (C=O) groups excluding carboxylic acids is 2. The van der Waals surface area contributed by atoms with Crippen molar-refractivity contribution in [1.82, 2.24) is 4.90 Å². The highest BCUT2D eigenvalue weighted by atomic mass is 16.2. The van der Waals surface area contributed by atoms with Crippen LogP contribution < -0.4 is 0 Å². The fourth-order valence-electron chi connectivity index (χ4n) is 2.94. The van der Waals surface area contributed by atoms with E-state index in [1.807, 2.05) is 24.0 Å². The maximum Gasteiger partial charge on any atom is 0.250 e. The first-order chi connectivity index (χ1) is 11.5. The van der Waals surface area contributed by atoms with Gasteiger partial charge in [-0.1, -0.05) is 26.0 Å². The molecule has 1 aliphatic rings. The predicted molar refractivity (Wildman–Crippen MR) is 99.0 cm³/mol. The number of Topliss-reactive ketones (excluding diaryl/α,β-unsaturated/α-hetero) is 1. The van der Waals surface area contributed by atoms with Crippen molar-refractivity contribution < 1.29 is 9.59 Å². The van der Waals surface area contributed by atoms with E-state index in [0.717, 1.165) is 48.5 Å². The number of fused-ring (bicyclic) bond motifs is 1. The Morgan fingerprint density at radius 2 is 1.83 bits per heavy atom. The van der Waals surface area contributed by atoms with E-state index < -0.39 is 0 Å². The minimum absolute atomic E-state index is 0.0206. The maximum atomic E-state index is 12.9. The molecular formula is C20H26N2O2. The van der Waals surface area contributed by atoms with E-state index in [1.165, 1.54) is 0 Å². The number of benzene rings is 1. The Balaban J connectivity index is 2.40. The Morgan fingerprint density at radius 1 is 1.17 bits per heavy atom. The standard InChI is InChI=1S/C20H26N2O2/c1-5-9-22(10-6-2)20(24)18-11-14(3)21-19-13-16(15(4)23)7-8-17(19)12-18/h7-8,12-13H,5-6,9-11H2,1-4H3. The normalized spacial score (nSPS) is 13.5. The van der Waals surface area contributed by atoms with Gasteiger partial charge < -0.3 is 4.90 Å². The highest BCUT2D eigenvalue weighted by molar-refractivity contribution is 6.06. The van der Waals surface area contributed by atoms with Crippen molar-refractivity contribution in [2.45, 2.75) is 47.0 Å². The van der Waals surface area contributed by atoms with Crippen LogP contribution in [-0.2, 0) is 4.79 Å². The molecule has 1 aliphatic heterocycles. The van der Waals surface area contributed by atoms with E-state index >= 15 is 0 Å². The zero-order valence-corrected chi connectivity index (χ0v) is 15.1. The van der Waals surface area contributed by atoms with Crippen molar-refractivity contribution >= 4 is 29.2 Å². The van der Waals surface area contributed by atoms with Gasteiger partial charge in [0.15, 0.2) is 5.78 Å². The van der Waals surface area contributed by atoms with Gasteiger partial charge in [-0.25, -0.2) is 0 Å². The highest BCUT2D eigenvalue weighted by Gasteiger charge is 2.20. The van der Waals surface area contributed by atoms with E-state index in [4.69, 9.17) is 0 Å². The fourth-order valence-corrected chi connectivity index (χ4v) is 2.94. The van der Waals surface area contributed by atoms with Crippen LogP contribution in [0, 0.1) is 0 Å². The largest absolute Gasteiger partial charge is 0.339 e. The molecular weight excluding hydrogens is 300 g/mol. The van der Waals surface area contributed by atoms with Crippen molar-refractivity contribution in [2.24, 2.45) is 4.99 Å². The molecule has 24 heavy (non-hydrogen) atoms. The molecule has 4 heteroatoms. The van der Waals surface area contributed by atoms with Gasteiger partial charge in [0.05, 0.1) is 5.69 Å². The Morgan fingerprint density at radius 3 is 2.42 bits per heavy atom. The van der Waals surface area contributed by atoms with Gasteiger partial charge in [-0.15, -0.1) is 0 Å². The molecule has 0 saturated carbocycles. The van der Waals surface area contributed by atoms with Crippen LogP contribution in [-0.4, -0.2) is 35.4 Å². The minimum atomic E-state index is 0.0206. The topological polar surface area (TPSA) is 49.7 Å². The average molecular weight is 326 g/mol. The lowest BCUT2D eigenvalue weighted by molar-refractivity contribution is -0.127. The third-order valence-corrected chi connectivity index (χ3v) is 4.07. The van der Waals surface area contributed by atoms with Crippen molar-refractivity contribution in [2.75, 3.05) is 13.1 Å². The van der Waals surface area contributed by atoms with Crippen LogP contribution in [0.5, 0.6) is 0 Å². The second kappa shape index (κ2) is 8.04. The lowest BCUT2D eigenvalue weighted by Crippen LogP contribution is -2.33. The molecule has 2 rings (SSSR count). The van der Waals surface area contributed by atoms with Crippen molar-refractivity contribution in [3.05, 3.63) is 34.9 Å². The second-order valence-corrected chi connectivity index (χ2v) is 6.32. The number of hydrogen-bond donors (Lipinski definition) is 0. The molecule has 1 amide bonds. The molecule has 4 nitrogen and oxygen atoms in total. The number of carbonyl (C=O) groups is 2. The monoisotopic (exact) mass is 326 g/mol. The van der Waals surface area contributed by atoms with E-state index in [1.54, 1.807) is 19.1 Å². The summed E-state index contributed by atoms with van der Waals surface area (Å²) in [6.07, 6.45) is 4.38. The van der Waals surface area contributed by atoms with Crippen LogP contribution >= 0.6 is 0 Å². The number of ketones is 1. The fraction of sp³-hybridized carbons (Fsp3) is 0.450. The van der Waals surface area contributed by atoms with Gasteiger partial charge in [-0.05, 0) is 38.8 Å². The quantitative estimate of drug-likeness (QED) is 0.727. The zero-order valence-electron chi connectivity index (χ0n) is 15.1. The summed E-state index contributed by atoms with van der Waals surface area (Å²) in [5, 5.41) is 0. The van der Waals surface area contributed by atoms with Gasteiger partial charge >= 0.3 is 0 Å². The molecule has 128 valence electrons. The van der Waals surface area contributed by atoms with Crippen LogP contribution in [0.3, 0.4) is 0 Å². The summed E-state index contributed by atoms with van der Waals surface area (Å²) >= 11 is 0. The molecule has 0 radical (unpaired) electrons. The smallest absolute Gasteiger partial charge is 0.250 e. The van der Waals surface area contributed by atoms with E-state index in [2.05, 4.69) is 18.8 Å². The second-order valence-electron chi connectivity index (χ2n) is 6.32. The molecule has 1 aromatic rings. The summed E-state index contributed by atoms with van der Waals surface area (Å²) in [7, 11) is 0. The lowest BCUT2D eigenvalue weighted by atomic mass is 10.0. The SMILES string of the molecule is CCCN(CCC)C(=O)C1=Cc2ccc(C(C)=O)cc2N=C(C)C1. The Labute approximate surface area is 144 Å². The predicted octanol–water partition coefficient (Wildman–Crippen LogP) is 4.42. The Bertz CT molecular complexity index is 696. The van der Waals surface area contributed by atoms with Crippen molar-refractivity contribution in [3.8, 4) is 0 Å². The minimum Gasteiger partial charge on any atom is -0.339 e. The van der Waals surface area contributed by atoms with Gasteiger partial charge in [0.1, 0.15) is 0 Å². The Kier molecular flexibility index (Phi) is 6.07. The number of nitrogens with zero attached hydrogens (tertiary/aromatic N) is 2. The molecule has 0 aromatic heterocycles. The number of rotatable bonds is 6. The molecule has 1 aromatic carbocycles. The summed E-state index contributed by atoms with van der Waals surface area (Å²) in [4.78, 5) is 31.0. The summed E-state index contributed by atoms with van der Waals surface area (Å²) < 4.78 is 0. The molecule has 0 atom stereocenters. The van der Waals surface area contributed by atoms with Crippen molar-refractivity contribution in [1.29, 1.82) is 0 Å². The first kappa shape index (κ1) is 18.1. The molecule has 0 aliphatic carbocycles. The summed E-state index contributed by atoms with van der Waals surface area (Å²) in [5.74, 6) is 0.115. The van der Waals surface area contributed by atoms with Crippen LogP contribution in [0.1, 0.15) is 62.9 Å². The van der Waals surface area contributed by atoms with Crippen LogP contribution in [0.15, 0.2) is 28.8 Å².